The van der Waals surface area contributed by atoms with E-state index < -0.39 is 5.97 Å². The molecular formula is C17H17FN2O3. The van der Waals surface area contributed by atoms with Crippen LogP contribution in [0.25, 0.3) is 0 Å². The van der Waals surface area contributed by atoms with Crippen LogP contribution in [0.5, 0.6) is 0 Å². The van der Waals surface area contributed by atoms with E-state index in [0.717, 1.165) is 5.56 Å². The van der Waals surface area contributed by atoms with Crippen LogP contribution in [0, 0.1) is 12.7 Å². The first-order valence-corrected chi connectivity index (χ1v) is 6.98. The predicted molar refractivity (Wildman–Crippen MR) is 86.0 cm³/mol. The number of esters is 1. The molecule has 0 radical (unpaired) electrons. The van der Waals surface area contributed by atoms with Gasteiger partial charge in [-0.1, -0.05) is 0 Å². The SMILES string of the molecule is COC(=O)c1ccc(NC(=O)CNc2ccc(F)cc2C)cc1. The first-order valence-electron chi connectivity index (χ1n) is 6.98. The van der Waals surface area contributed by atoms with Gasteiger partial charge in [-0.2, -0.15) is 0 Å². The monoisotopic (exact) mass is 316 g/mol. The number of anilines is 2. The minimum Gasteiger partial charge on any atom is -0.465 e. The number of hydrogen-bond donors (Lipinski definition) is 2. The normalized spacial score (nSPS) is 10.0. The van der Waals surface area contributed by atoms with Gasteiger partial charge in [0.1, 0.15) is 5.82 Å². The van der Waals surface area contributed by atoms with Gasteiger partial charge >= 0.3 is 5.97 Å². The van der Waals surface area contributed by atoms with Gasteiger partial charge in [-0.25, -0.2) is 9.18 Å². The minimum absolute atomic E-state index is 0.0469. The van der Waals surface area contributed by atoms with Gasteiger partial charge in [0.05, 0.1) is 19.2 Å². The Morgan fingerprint density at radius 3 is 2.43 bits per heavy atom. The molecule has 5 nitrogen and oxygen atoms in total. The Hall–Kier alpha value is -2.89. The van der Waals surface area contributed by atoms with Crippen LogP contribution in [0.1, 0.15) is 15.9 Å². The average molecular weight is 316 g/mol. The molecule has 2 aromatic rings. The zero-order chi connectivity index (χ0) is 16.8. The third kappa shape index (κ3) is 4.54. The maximum Gasteiger partial charge on any atom is 0.337 e. The highest BCUT2D eigenvalue weighted by atomic mass is 19.1. The number of nitrogens with one attached hydrogen (secondary N) is 2. The quantitative estimate of drug-likeness (QED) is 0.832. The zero-order valence-corrected chi connectivity index (χ0v) is 12.9. The van der Waals surface area contributed by atoms with Crippen molar-refractivity contribution in [1.29, 1.82) is 0 Å². The Morgan fingerprint density at radius 1 is 1.13 bits per heavy atom. The molecule has 0 aliphatic carbocycles. The highest BCUT2D eigenvalue weighted by molar-refractivity contribution is 5.95. The Morgan fingerprint density at radius 2 is 1.83 bits per heavy atom. The highest BCUT2D eigenvalue weighted by Gasteiger charge is 2.07. The lowest BCUT2D eigenvalue weighted by Gasteiger charge is -2.10. The number of ether oxygens (including phenoxy) is 1. The van der Waals surface area contributed by atoms with Gasteiger partial charge in [0, 0.05) is 11.4 Å². The number of halogens is 1. The lowest BCUT2D eigenvalue weighted by molar-refractivity contribution is -0.114. The third-order valence-electron chi connectivity index (χ3n) is 3.22. The van der Waals surface area contributed by atoms with Crippen LogP contribution < -0.4 is 10.6 Å². The van der Waals surface area contributed by atoms with Crippen LogP contribution in [-0.2, 0) is 9.53 Å². The van der Waals surface area contributed by atoms with E-state index >= 15 is 0 Å². The third-order valence-corrected chi connectivity index (χ3v) is 3.22. The van der Waals surface area contributed by atoms with Crippen LogP contribution in [0.3, 0.4) is 0 Å². The molecule has 2 rings (SSSR count). The standard InChI is InChI=1S/C17H17FN2O3/c1-11-9-13(18)5-8-15(11)19-10-16(21)20-14-6-3-12(4-7-14)17(22)23-2/h3-9,19H,10H2,1-2H3,(H,20,21). The summed E-state index contributed by atoms with van der Waals surface area (Å²) >= 11 is 0. The summed E-state index contributed by atoms with van der Waals surface area (Å²) in [6, 6.07) is 10.7. The van der Waals surface area contributed by atoms with Crippen molar-refractivity contribution in [2.45, 2.75) is 6.92 Å². The molecule has 0 aliphatic heterocycles. The molecule has 0 fully saturated rings. The molecule has 0 spiro atoms. The fraction of sp³-hybridized carbons (Fsp3) is 0.176. The Bertz CT molecular complexity index is 714. The van der Waals surface area contributed by atoms with Crippen LogP contribution in [0.4, 0.5) is 15.8 Å². The fourth-order valence-electron chi connectivity index (χ4n) is 2.01. The number of amides is 1. The number of carbonyl (C=O) groups excluding carboxylic acids is 2. The van der Waals surface area contributed by atoms with Crippen molar-refractivity contribution >= 4 is 23.3 Å². The first kappa shape index (κ1) is 16.5. The van der Waals surface area contributed by atoms with Crippen molar-refractivity contribution < 1.29 is 18.7 Å². The molecule has 2 N–H and O–H groups in total. The number of hydrogen-bond acceptors (Lipinski definition) is 4. The molecule has 23 heavy (non-hydrogen) atoms. The molecule has 1 amide bonds. The van der Waals surface area contributed by atoms with E-state index in [0.29, 0.717) is 16.9 Å². The predicted octanol–water partition coefficient (Wildman–Crippen LogP) is 2.97. The van der Waals surface area contributed by atoms with Crippen molar-refractivity contribution in [3.63, 3.8) is 0 Å². The second-order valence-electron chi connectivity index (χ2n) is 4.93. The van der Waals surface area contributed by atoms with Gasteiger partial charge in [-0.3, -0.25) is 4.79 Å². The average Bonchev–Trinajstić information content (AvgIpc) is 2.54. The Kier molecular flexibility index (Phi) is 5.30. The topological polar surface area (TPSA) is 67.4 Å². The van der Waals surface area contributed by atoms with Crippen molar-refractivity contribution in [1.82, 2.24) is 0 Å². The van der Waals surface area contributed by atoms with Gasteiger partial charge in [-0.15, -0.1) is 0 Å². The molecule has 0 saturated carbocycles. The molecule has 2 aromatic carbocycles. The molecule has 6 heteroatoms. The van der Waals surface area contributed by atoms with E-state index in [-0.39, 0.29) is 18.3 Å². The van der Waals surface area contributed by atoms with E-state index in [2.05, 4.69) is 15.4 Å². The zero-order valence-electron chi connectivity index (χ0n) is 12.9. The second-order valence-corrected chi connectivity index (χ2v) is 4.93. The number of carbonyl (C=O) groups is 2. The molecule has 0 atom stereocenters. The summed E-state index contributed by atoms with van der Waals surface area (Å²) in [5.74, 6) is -1.00. The molecule has 0 saturated heterocycles. The number of aryl methyl sites for hydroxylation is 1. The lowest BCUT2D eigenvalue weighted by atomic mass is 10.2. The Labute approximate surface area is 133 Å². The Balaban J connectivity index is 1.90. The summed E-state index contributed by atoms with van der Waals surface area (Å²) in [5, 5.41) is 5.65. The molecule has 0 aromatic heterocycles. The van der Waals surface area contributed by atoms with Crippen molar-refractivity contribution in [2.75, 3.05) is 24.3 Å². The molecule has 120 valence electrons. The molecule has 0 heterocycles. The number of benzene rings is 2. The van der Waals surface area contributed by atoms with Crippen molar-refractivity contribution in [2.24, 2.45) is 0 Å². The maximum atomic E-state index is 13.0. The second kappa shape index (κ2) is 7.40. The summed E-state index contributed by atoms with van der Waals surface area (Å²) in [6.45, 7) is 1.81. The summed E-state index contributed by atoms with van der Waals surface area (Å²) in [5.41, 5.74) is 2.40. The van der Waals surface area contributed by atoms with E-state index in [1.54, 1.807) is 37.3 Å². The van der Waals surface area contributed by atoms with Crippen LogP contribution >= 0.6 is 0 Å². The summed E-state index contributed by atoms with van der Waals surface area (Å²) in [6.07, 6.45) is 0. The van der Waals surface area contributed by atoms with Gasteiger partial charge in [-0.05, 0) is 55.0 Å². The highest BCUT2D eigenvalue weighted by Crippen LogP contribution is 2.15. The van der Waals surface area contributed by atoms with Crippen molar-refractivity contribution in [3.05, 3.63) is 59.4 Å². The van der Waals surface area contributed by atoms with E-state index in [1.807, 2.05) is 0 Å². The lowest BCUT2D eigenvalue weighted by Crippen LogP contribution is -2.22. The number of rotatable bonds is 5. The molecule has 0 unspecified atom stereocenters. The van der Waals surface area contributed by atoms with Crippen LogP contribution in [0.2, 0.25) is 0 Å². The largest absolute Gasteiger partial charge is 0.465 e. The first-order chi connectivity index (χ1) is 11.0. The summed E-state index contributed by atoms with van der Waals surface area (Å²) < 4.78 is 17.6. The number of methoxy groups -OCH3 is 1. The van der Waals surface area contributed by atoms with E-state index in [1.165, 1.54) is 19.2 Å². The van der Waals surface area contributed by atoms with Crippen molar-refractivity contribution in [3.8, 4) is 0 Å². The smallest absolute Gasteiger partial charge is 0.337 e. The molecular weight excluding hydrogens is 299 g/mol. The van der Waals surface area contributed by atoms with Crippen LogP contribution in [0.15, 0.2) is 42.5 Å². The molecule has 0 aliphatic rings. The molecule has 0 bridgehead atoms. The fourth-order valence-corrected chi connectivity index (χ4v) is 2.01. The van der Waals surface area contributed by atoms with Gasteiger partial charge in [0.15, 0.2) is 0 Å². The van der Waals surface area contributed by atoms with Gasteiger partial charge in [0.25, 0.3) is 0 Å². The van der Waals surface area contributed by atoms with E-state index in [4.69, 9.17) is 0 Å². The van der Waals surface area contributed by atoms with Gasteiger partial charge in [0.2, 0.25) is 5.91 Å². The summed E-state index contributed by atoms with van der Waals surface area (Å²) in [4.78, 5) is 23.2. The minimum atomic E-state index is -0.434. The van der Waals surface area contributed by atoms with Crippen LogP contribution in [-0.4, -0.2) is 25.5 Å². The van der Waals surface area contributed by atoms with E-state index in [9.17, 15) is 14.0 Å². The maximum absolute atomic E-state index is 13.0. The summed E-state index contributed by atoms with van der Waals surface area (Å²) in [7, 11) is 1.31. The van der Waals surface area contributed by atoms with Gasteiger partial charge < -0.3 is 15.4 Å².